The van der Waals surface area contributed by atoms with Crippen molar-refractivity contribution in [3.63, 3.8) is 0 Å². The number of nitrogens with two attached hydrogens (primary N) is 1. The fourth-order valence-corrected chi connectivity index (χ4v) is 4.11. The molecule has 0 radical (unpaired) electrons. The van der Waals surface area contributed by atoms with Crippen molar-refractivity contribution in [2.75, 3.05) is 11.1 Å². The van der Waals surface area contributed by atoms with Crippen LogP contribution in [0, 0.1) is 12.8 Å². The number of pyridine rings is 1. The SMILES string of the molecule is CCC1C=CC2(CC(=O)c3c(C)cc(Nc4cc(N)ncn4)c(=O)n32)C1. The molecule has 1 aliphatic heterocycles. The summed E-state index contributed by atoms with van der Waals surface area (Å²) in [5.74, 6) is 1.18. The van der Waals surface area contributed by atoms with E-state index in [0.29, 0.717) is 35.4 Å². The lowest BCUT2D eigenvalue weighted by molar-refractivity contribution is 0.0977. The van der Waals surface area contributed by atoms with Crippen molar-refractivity contribution in [2.24, 2.45) is 5.92 Å². The van der Waals surface area contributed by atoms with E-state index in [0.717, 1.165) is 18.4 Å². The maximum Gasteiger partial charge on any atom is 0.275 e. The molecule has 1 spiro atoms. The number of hydrogen-bond donors (Lipinski definition) is 2. The van der Waals surface area contributed by atoms with E-state index >= 15 is 0 Å². The minimum atomic E-state index is -0.544. The van der Waals surface area contributed by atoms with Crippen LogP contribution >= 0.6 is 0 Å². The van der Waals surface area contributed by atoms with Gasteiger partial charge in [0.15, 0.2) is 5.78 Å². The Morgan fingerprint density at radius 2 is 2.15 bits per heavy atom. The van der Waals surface area contributed by atoms with Crippen LogP contribution in [0.1, 0.15) is 42.2 Å². The first-order valence-electron chi connectivity index (χ1n) is 8.78. The van der Waals surface area contributed by atoms with Crippen molar-refractivity contribution >= 4 is 23.1 Å². The standard InChI is InChI=1S/C19H21N5O2/c1-3-12-4-5-19(8-12)9-14(25)17-11(2)6-13(18(26)24(17)19)23-16-7-15(20)21-10-22-16/h4-7,10,12H,3,8-9H2,1-2H3,(H3,20,21,22,23). The van der Waals surface area contributed by atoms with Crippen molar-refractivity contribution in [3.8, 4) is 0 Å². The first-order chi connectivity index (χ1) is 12.4. The number of nitrogens with one attached hydrogen (secondary N) is 1. The van der Waals surface area contributed by atoms with Crippen LogP contribution in [0.15, 0.2) is 35.4 Å². The zero-order valence-electron chi connectivity index (χ0n) is 14.8. The normalized spacial score (nSPS) is 23.6. The van der Waals surface area contributed by atoms with Crippen LogP contribution in [0.2, 0.25) is 0 Å². The molecule has 2 unspecified atom stereocenters. The monoisotopic (exact) mass is 351 g/mol. The van der Waals surface area contributed by atoms with E-state index in [4.69, 9.17) is 5.73 Å². The second-order valence-electron chi connectivity index (χ2n) is 7.12. The fraction of sp³-hybridized carbons (Fsp3) is 0.368. The molecular formula is C19H21N5O2. The molecule has 0 saturated carbocycles. The van der Waals surface area contributed by atoms with Crippen LogP contribution in [-0.2, 0) is 5.54 Å². The third-order valence-electron chi connectivity index (χ3n) is 5.34. The Hall–Kier alpha value is -2.96. The van der Waals surface area contributed by atoms with E-state index in [1.54, 1.807) is 16.7 Å². The van der Waals surface area contributed by atoms with Crippen LogP contribution < -0.4 is 16.6 Å². The second-order valence-corrected chi connectivity index (χ2v) is 7.12. The minimum Gasteiger partial charge on any atom is -0.384 e. The average molecular weight is 351 g/mol. The summed E-state index contributed by atoms with van der Waals surface area (Å²) in [6.45, 7) is 3.98. The van der Waals surface area contributed by atoms with E-state index < -0.39 is 5.54 Å². The van der Waals surface area contributed by atoms with E-state index in [-0.39, 0.29) is 11.3 Å². The highest BCUT2D eigenvalue weighted by Crippen LogP contribution is 2.44. The van der Waals surface area contributed by atoms with Crippen molar-refractivity contribution in [1.29, 1.82) is 0 Å². The molecule has 7 heteroatoms. The largest absolute Gasteiger partial charge is 0.384 e. The Labute approximate surface area is 151 Å². The molecule has 0 fully saturated rings. The van der Waals surface area contributed by atoms with Gasteiger partial charge in [-0.25, -0.2) is 9.97 Å². The molecule has 134 valence electrons. The highest BCUT2D eigenvalue weighted by atomic mass is 16.1. The number of hydrogen-bond acceptors (Lipinski definition) is 6. The first-order valence-corrected chi connectivity index (χ1v) is 8.78. The van der Waals surface area contributed by atoms with Gasteiger partial charge in [-0.15, -0.1) is 0 Å². The number of anilines is 3. The molecule has 2 aromatic rings. The quantitative estimate of drug-likeness (QED) is 0.824. The van der Waals surface area contributed by atoms with Crippen molar-refractivity contribution in [3.05, 3.63) is 52.2 Å². The Morgan fingerprint density at radius 3 is 2.85 bits per heavy atom. The molecular weight excluding hydrogens is 330 g/mol. The molecule has 1 aliphatic carbocycles. The van der Waals surface area contributed by atoms with Gasteiger partial charge < -0.3 is 11.1 Å². The zero-order valence-corrected chi connectivity index (χ0v) is 14.8. The van der Waals surface area contributed by atoms with Crippen LogP contribution in [-0.4, -0.2) is 20.3 Å². The van der Waals surface area contributed by atoms with Crippen LogP contribution in [0.25, 0.3) is 0 Å². The van der Waals surface area contributed by atoms with Gasteiger partial charge in [-0.2, -0.15) is 0 Å². The first kappa shape index (κ1) is 16.5. The molecule has 2 atom stereocenters. The molecule has 3 heterocycles. The van der Waals surface area contributed by atoms with Crippen LogP contribution in [0.4, 0.5) is 17.3 Å². The predicted molar refractivity (Wildman–Crippen MR) is 99.6 cm³/mol. The molecule has 0 aromatic carbocycles. The van der Waals surface area contributed by atoms with Gasteiger partial charge in [-0.05, 0) is 37.3 Å². The summed E-state index contributed by atoms with van der Waals surface area (Å²) in [6.07, 6.45) is 7.64. The Balaban J connectivity index is 1.84. The van der Waals surface area contributed by atoms with Gasteiger partial charge in [0.05, 0.1) is 11.2 Å². The molecule has 2 aliphatic rings. The van der Waals surface area contributed by atoms with Crippen molar-refractivity contribution in [1.82, 2.24) is 14.5 Å². The number of aryl methyl sites for hydroxylation is 1. The summed E-state index contributed by atoms with van der Waals surface area (Å²) in [7, 11) is 0. The smallest absolute Gasteiger partial charge is 0.275 e. The number of carbonyl (C=O) groups is 1. The summed E-state index contributed by atoms with van der Waals surface area (Å²) in [5.41, 5.74) is 6.61. The molecule has 26 heavy (non-hydrogen) atoms. The van der Waals surface area contributed by atoms with E-state index in [1.165, 1.54) is 6.33 Å². The molecule has 3 N–H and O–H groups in total. The number of aromatic nitrogens is 3. The lowest BCUT2D eigenvalue weighted by Gasteiger charge is -2.26. The van der Waals surface area contributed by atoms with E-state index in [9.17, 15) is 9.59 Å². The fourth-order valence-electron chi connectivity index (χ4n) is 4.11. The van der Waals surface area contributed by atoms with Gasteiger partial charge in [-0.1, -0.05) is 19.1 Å². The summed E-state index contributed by atoms with van der Waals surface area (Å²) in [6, 6.07) is 3.27. The maximum atomic E-state index is 13.2. The third-order valence-corrected chi connectivity index (χ3v) is 5.34. The molecule has 7 nitrogen and oxygen atoms in total. The molecule has 2 aromatic heterocycles. The maximum absolute atomic E-state index is 13.2. The van der Waals surface area contributed by atoms with Gasteiger partial charge in [0.25, 0.3) is 5.56 Å². The van der Waals surface area contributed by atoms with Crippen LogP contribution in [0.5, 0.6) is 0 Å². The topological polar surface area (TPSA) is 103 Å². The molecule has 0 bridgehead atoms. The summed E-state index contributed by atoms with van der Waals surface area (Å²) >= 11 is 0. The van der Waals surface area contributed by atoms with Gasteiger partial charge in [0, 0.05) is 12.5 Å². The number of rotatable bonds is 3. The molecule has 0 amide bonds. The minimum absolute atomic E-state index is 0.0267. The Morgan fingerprint density at radius 1 is 1.35 bits per heavy atom. The highest BCUT2D eigenvalue weighted by Gasteiger charge is 2.46. The number of fused-ring (bicyclic) bond motifs is 2. The summed E-state index contributed by atoms with van der Waals surface area (Å²) < 4.78 is 1.68. The number of nitrogens with zero attached hydrogens (tertiary/aromatic N) is 3. The number of allylic oxidation sites excluding steroid dienone is 2. The zero-order chi connectivity index (χ0) is 18.5. The average Bonchev–Trinajstić information content (AvgIpc) is 3.14. The van der Waals surface area contributed by atoms with Crippen LogP contribution in [0.3, 0.4) is 0 Å². The lowest BCUT2D eigenvalue weighted by atomic mass is 9.91. The Bertz CT molecular complexity index is 994. The summed E-state index contributed by atoms with van der Waals surface area (Å²) in [5, 5.41) is 3.03. The lowest BCUT2D eigenvalue weighted by Crippen LogP contribution is -2.37. The van der Waals surface area contributed by atoms with Crippen molar-refractivity contribution < 1.29 is 4.79 Å². The number of ketones is 1. The number of nitrogen functional groups attached to an aromatic ring is 1. The molecule has 0 saturated heterocycles. The van der Waals surface area contributed by atoms with Gasteiger partial charge >= 0.3 is 0 Å². The third kappa shape index (κ3) is 2.42. The number of Topliss-reactive ketones (excluding diaryl/α,β-unsaturated/α-hetero) is 1. The number of carbonyl (C=O) groups excluding carboxylic acids is 1. The van der Waals surface area contributed by atoms with Crippen molar-refractivity contribution in [2.45, 2.75) is 38.6 Å². The summed E-state index contributed by atoms with van der Waals surface area (Å²) in [4.78, 5) is 33.9. The second kappa shape index (κ2) is 5.79. The van der Waals surface area contributed by atoms with E-state index in [1.807, 2.05) is 13.0 Å². The van der Waals surface area contributed by atoms with Gasteiger partial charge in [0.2, 0.25) is 0 Å². The predicted octanol–water partition coefficient (Wildman–Crippen LogP) is 2.54. The molecule has 4 rings (SSSR count). The van der Waals surface area contributed by atoms with Gasteiger partial charge in [0.1, 0.15) is 23.7 Å². The Kier molecular flexibility index (Phi) is 3.68. The van der Waals surface area contributed by atoms with E-state index in [2.05, 4.69) is 28.3 Å². The van der Waals surface area contributed by atoms with Gasteiger partial charge in [-0.3, -0.25) is 14.2 Å². The highest BCUT2D eigenvalue weighted by molar-refractivity contribution is 5.99.